The molecule has 1 heterocycles. The zero-order valence-corrected chi connectivity index (χ0v) is 11.5. The Hall–Kier alpha value is -0.860. The molecule has 0 aromatic heterocycles. The third-order valence-corrected chi connectivity index (χ3v) is 4.22. The SMILES string of the molecule is CNC1(c2ccc(C)cc2C)CCN(C)CC1. The van der Waals surface area contributed by atoms with Crippen molar-refractivity contribution in [3.63, 3.8) is 0 Å². The Bertz CT molecular complexity index is 390. The van der Waals surface area contributed by atoms with Crippen LogP contribution in [0.5, 0.6) is 0 Å². The highest BCUT2D eigenvalue weighted by Crippen LogP contribution is 2.34. The van der Waals surface area contributed by atoms with E-state index >= 15 is 0 Å². The lowest BCUT2D eigenvalue weighted by Crippen LogP contribution is -2.49. The molecule has 1 aromatic rings. The monoisotopic (exact) mass is 232 g/mol. The van der Waals surface area contributed by atoms with Crippen LogP contribution in [-0.2, 0) is 5.54 Å². The van der Waals surface area contributed by atoms with Gasteiger partial charge in [0.2, 0.25) is 0 Å². The summed E-state index contributed by atoms with van der Waals surface area (Å²) in [5.41, 5.74) is 4.44. The smallest absolute Gasteiger partial charge is 0.0459 e. The molecule has 0 atom stereocenters. The highest BCUT2D eigenvalue weighted by atomic mass is 15.1. The van der Waals surface area contributed by atoms with E-state index in [4.69, 9.17) is 0 Å². The highest BCUT2D eigenvalue weighted by molar-refractivity contribution is 5.36. The number of nitrogens with zero attached hydrogens (tertiary/aromatic N) is 1. The van der Waals surface area contributed by atoms with Crippen molar-refractivity contribution in [2.45, 2.75) is 32.2 Å². The maximum atomic E-state index is 3.59. The molecule has 2 nitrogen and oxygen atoms in total. The first-order valence-corrected chi connectivity index (χ1v) is 6.52. The fourth-order valence-corrected chi connectivity index (χ4v) is 3.00. The second kappa shape index (κ2) is 4.79. The normalized spacial score (nSPS) is 20.5. The molecule has 0 bridgehead atoms. The summed E-state index contributed by atoms with van der Waals surface area (Å²) in [6.45, 7) is 6.75. The molecule has 0 amide bonds. The van der Waals surface area contributed by atoms with E-state index in [0.29, 0.717) is 0 Å². The van der Waals surface area contributed by atoms with E-state index in [-0.39, 0.29) is 5.54 Å². The van der Waals surface area contributed by atoms with Gasteiger partial charge in [0.1, 0.15) is 0 Å². The lowest BCUT2D eigenvalue weighted by molar-refractivity contribution is 0.164. The van der Waals surface area contributed by atoms with E-state index < -0.39 is 0 Å². The average Bonchev–Trinajstić information content (AvgIpc) is 2.31. The van der Waals surface area contributed by atoms with Crippen molar-refractivity contribution in [1.82, 2.24) is 10.2 Å². The van der Waals surface area contributed by atoms with E-state index in [1.165, 1.54) is 42.6 Å². The van der Waals surface area contributed by atoms with Gasteiger partial charge in [0.15, 0.2) is 0 Å². The lowest BCUT2D eigenvalue weighted by atomic mass is 9.79. The molecule has 1 N–H and O–H groups in total. The summed E-state index contributed by atoms with van der Waals surface area (Å²) in [5.74, 6) is 0. The zero-order chi connectivity index (χ0) is 12.5. The number of likely N-dealkylation sites (tertiary alicyclic amines) is 1. The number of hydrogen-bond acceptors (Lipinski definition) is 2. The molecule has 94 valence electrons. The van der Waals surface area contributed by atoms with Crippen LogP contribution in [0.15, 0.2) is 18.2 Å². The van der Waals surface area contributed by atoms with Gasteiger partial charge in [0.05, 0.1) is 0 Å². The van der Waals surface area contributed by atoms with Crippen LogP contribution in [0, 0.1) is 13.8 Å². The number of rotatable bonds is 2. The Morgan fingerprint density at radius 2 is 1.82 bits per heavy atom. The molecule has 0 saturated carbocycles. The summed E-state index contributed by atoms with van der Waals surface area (Å²) in [6, 6.07) is 6.85. The number of hydrogen-bond donors (Lipinski definition) is 1. The third-order valence-electron chi connectivity index (χ3n) is 4.22. The number of piperidine rings is 1. The second-order valence-corrected chi connectivity index (χ2v) is 5.45. The Labute approximate surface area is 105 Å². The van der Waals surface area contributed by atoms with Gasteiger partial charge < -0.3 is 10.2 Å². The minimum Gasteiger partial charge on any atom is -0.310 e. The van der Waals surface area contributed by atoms with Gasteiger partial charge in [-0.05, 0) is 65.0 Å². The Morgan fingerprint density at radius 1 is 1.18 bits per heavy atom. The van der Waals surface area contributed by atoms with Crippen molar-refractivity contribution in [2.24, 2.45) is 0 Å². The predicted molar refractivity (Wildman–Crippen MR) is 73.4 cm³/mol. The first kappa shape index (κ1) is 12.6. The van der Waals surface area contributed by atoms with Crippen molar-refractivity contribution in [3.8, 4) is 0 Å². The summed E-state index contributed by atoms with van der Waals surface area (Å²) in [7, 11) is 4.31. The van der Waals surface area contributed by atoms with Crippen molar-refractivity contribution in [1.29, 1.82) is 0 Å². The van der Waals surface area contributed by atoms with Crippen LogP contribution in [0.3, 0.4) is 0 Å². The Morgan fingerprint density at radius 3 is 2.35 bits per heavy atom. The van der Waals surface area contributed by atoms with Crippen molar-refractivity contribution < 1.29 is 0 Å². The molecule has 0 unspecified atom stereocenters. The lowest BCUT2D eigenvalue weighted by Gasteiger charge is -2.42. The molecule has 2 heteroatoms. The fraction of sp³-hybridized carbons (Fsp3) is 0.600. The summed E-state index contributed by atoms with van der Waals surface area (Å²) in [5, 5.41) is 3.59. The van der Waals surface area contributed by atoms with Crippen LogP contribution in [0.25, 0.3) is 0 Å². The van der Waals surface area contributed by atoms with Crippen LogP contribution in [0.4, 0.5) is 0 Å². The maximum Gasteiger partial charge on any atom is 0.0459 e. The second-order valence-electron chi connectivity index (χ2n) is 5.45. The van der Waals surface area contributed by atoms with E-state index in [0.717, 1.165) is 0 Å². The van der Waals surface area contributed by atoms with Crippen molar-refractivity contribution >= 4 is 0 Å². The fourth-order valence-electron chi connectivity index (χ4n) is 3.00. The Balaban J connectivity index is 2.34. The summed E-state index contributed by atoms with van der Waals surface area (Å²) in [6.07, 6.45) is 2.40. The van der Waals surface area contributed by atoms with Crippen LogP contribution >= 0.6 is 0 Å². The first-order chi connectivity index (χ1) is 8.07. The molecule has 17 heavy (non-hydrogen) atoms. The van der Waals surface area contributed by atoms with E-state index in [9.17, 15) is 0 Å². The molecule has 1 fully saturated rings. The topological polar surface area (TPSA) is 15.3 Å². The molecule has 1 saturated heterocycles. The quantitative estimate of drug-likeness (QED) is 0.842. The molecule has 1 aliphatic rings. The van der Waals surface area contributed by atoms with E-state index in [2.05, 4.69) is 56.4 Å². The van der Waals surface area contributed by atoms with Crippen LogP contribution in [-0.4, -0.2) is 32.1 Å². The Kier molecular flexibility index (Phi) is 3.55. The average molecular weight is 232 g/mol. The van der Waals surface area contributed by atoms with Gasteiger partial charge in [-0.25, -0.2) is 0 Å². The zero-order valence-electron chi connectivity index (χ0n) is 11.5. The molecule has 1 aromatic carbocycles. The van der Waals surface area contributed by atoms with E-state index in [1.807, 2.05) is 0 Å². The minimum atomic E-state index is 0.185. The van der Waals surface area contributed by atoms with Gasteiger partial charge >= 0.3 is 0 Å². The molecular formula is C15H24N2. The molecule has 0 spiro atoms. The summed E-state index contributed by atoms with van der Waals surface area (Å²) < 4.78 is 0. The minimum absolute atomic E-state index is 0.185. The number of nitrogens with one attached hydrogen (secondary N) is 1. The number of benzene rings is 1. The van der Waals surface area contributed by atoms with Crippen LogP contribution in [0.1, 0.15) is 29.5 Å². The van der Waals surface area contributed by atoms with Gasteiger partial charge in [0, 0.05) is 5.54 Å². The molecular weight excluding hydrogens is 208 g/mol. The standard InChI is InChI=1S/C15H24N2/c1-12-5-6-14(13(2)11-12)15(16-3)7-9-17(4)10-8-15/h5-6,11,16H,7-10H2,1-4H3. The van der Waals surface area contributed by atoms with Crippen molar-refractivity contribution in [3.05, 3.63) is 34.9 Å². The van der Waals surface area contributed by atoms with Gasteiger partial charge in [-0.2, -0.15) is 0 Å². The maximum absolute atomic E-state index is 3.59. The molecule has 0 aliphatic carbocycles. The van der Waals surface area contributed by atoms with Gasteiger partial charge in [-0.15, -0.1) is 0 Å². The molecule has 2 rings (SSSR count). The summed E-state index contributed by atoms with van der Waals surface area (Å²) in [4.78, 5) is 2.42. The van der Waals surface area contributed by atoms with Gasteiger partial charge in [-0.1, -0.05) is 23.8 Å². The van der Waals surface area contributed by atoms with E-state index in [1.54, 1.807) is 0 Å². The third kappa shape index (κ3) is 2.38. The van der Waals surface area contributed by atoms with Crippen LogP contribution in [0.2, 0.25) is 0 Å². The first-order valence-electron chi connectivity index (χ1n) is 6.52. The number of aryl methyl sites for hydroxylation is 2. The highest BCUT2D eigenvalue weighted by Gasteiger charge is 2.34. The van der Waals surface area contributed by atoms with Crippen LogP contribution < -0.4 is 5.32 Å². The summed E-state index contributed by atoms with van der Waals surface area (Å²) >= 11 is 0. The van der Waals surface area contributed by atoms with Crippen molar-refractivity contribution in [2.75, 3.05) is 27.2 Å². The molecule has 1 aliphatic heterocycles. The molecule has 0 radical (unpaired) electrons. The van der Waals surface area contributed by atoms with Gasteiger partial charge in [-0.3, -0.25) is 0 Å². The largest absolute Gasteiger partial charge is 0.310 e. The predicted octanol–water partition coefficient (Wildman–Crippen LogP) is 2.44. The van der Waals surface area contributed by atoms with Gasteiger partial charge in [0.25, 0.3) is 0 Å².